The van der Waals surface area contributed by atoms with E-state index in [1.54, 1.807) is 11.3 Å². The SMILES string of the molecule is c1ccc2c(Sc3n[nH]c(C4CCCC4)n3)nc(-c3ccsc3)nc2c1. The summed E-state index contributed by atoms with van der Waals surface area (Å²) in [4.78, 5) is 14.3. The van der Waals surface area contributed by atoms with Crippen molar-refractivity contribution in [2.24, 2.45) is 0 Å². The van der Waals surface area contributed by atoms with E-state index < -0.39 is 0 Å². The highest BCUT2D eigenvalue weighted by atomic mass is 32.2. The van der Waals surface area contributed by atoms with Gasteiger partial charge in [0.2, 0.25) is 5.16 Å². The molecule has 0 saturated heterocycles. The molecule has 3 aromatic heterocycles. The lowest BCUT2D eigenvalue weighted by Gasteiger charge is -2.06. The number of rotatable bonds is 4. The summed E-state index contributed by atoms with van der Waals surface area (Å²) in [6.45, 7) is 0. The summed E-state index contributed by atoms with van der Waals surface area (Å²) < 4.78 is 0. The van der Waals surface area contributed by atoms with Crippen molar-refractivity contribution >= 4 is 34.0 Å². The van der Waals surface area contributed by atoms with E-state index in [1.165, 1.54) is 37.4 Å². The van der Waals surface area contributed by atoms with Crippen molar-refractivity contribution in [1.29, 1.82) is 0 Å². The van der Waals surface area contributed by atoms with E-state index in [1.807, 2.05) is 29.6 Å². The Morgan fingerprint density at radius 2 is 1.92 bits per heavy atom. The number of aromatic amines is 1. The lowest BCUT2D eigenvalue weighted by molar-refractivity contribution is 0.671. The lowest BCUT2D eigenvalue weighted by atomic mass is 10.1. The second-order valence-corrected chi connectivity index (χ2v) is 8.20. The van der Waals surface area contributed by atoms with E-state index in [0.29, 0.717) is 5.92 Å². The molecule has 0 radical (unpaired) electrons. The van der Waals surface area contributed by atoms with Gasteiger partial charge in [0.05, 0.1) is 5.52 Å². The summed E-state index contributed by atoms with van der Waals surface area (Å²) in [5.41, 5.74) is 1.99. The molecule has 5 rings (SSSR count). The normalized spacial score (nSPS) is 15.1. The highest BCUT2D eigenvalue weighted by Crippen LogP contribution is 2.35. The maximum Gasteiger partial charge on any atom is 0.214 e. The van der Waals surface area contributed by atoms with Crippen LogP contribution < -0.4 is 0 Å². The van der Waals surface area contributed by atoms with Crippen LogP contribution >= 0.6 is 23.1 Å². The third-order valence-corrected chi connectivity index (χ3v) is 6.31. The van der Waals surface area contributed by atoms with Crippen LogP contribution in [0.1, 0.15) is 37.4 Å². The fraction of sp³-hybridized carbons (Fsp3) is 0.263. The second kappa shape index (κ2) is 6.81. The first-order valence-electron chi connectivity index (χ1n) is 8.76. The Labute approximate surface area is 159 Å². The third kappa shape index (κ3) is 3.01. The predicted octanol–water partition coefficient (Wildman–Crippen LogP) is 5.29. The first-order valence-corrected chi connectivity index (χ1v) is 10.5. The maximum absolute atomic E-state index is 4.81. The average molecular weight is 380 g/mol. The minimum absolute atomic E-state index is 0.528. The smallest absolute Gasteiger partial charge is 0.214 e. The molecule has 0 atom stereocenters. The molecule has 1 N–H and O–H groups in total. The molecule has 0 amide bonds. The molecule has 1 aromatic carbocycles. The van der Waals surface area contributed by atoms with Gasteiger partial charge in [-0.1, -0.05) is 31.0 Å². The minimum Gasteiger partial charge on any atom is -0.262 e. The zero-order valence-electron chi connectivity index (χ0n) is 14.1. The fourth-order valence-corrected chi connectivity index (χ4v) is 4.88. The van der Waals surface area contributed by atoms with E-state index in [9.17, 15) is 0 Å². The van der Waals surface area contributed by atoms with Crippen molar-refractivity contribution in [2.75, 3.05) is 0 Å². The first-order chi connectivity index (χ1) is 12.9. The molecule has 0 bridgehead atoms. The monoisotopic (exact) mass is 379 g/mol. The second-order valence-electron chi connectivity index (χ2n) is 6.47. The molecule has 1 saturated carbocycles. The van der Waals surface area contributed by atoms with Crippen LogP contribution in [0.5, 0.6) is 0 Å². The highest BCUT2D eigenvalue weighted by molar-refractivity contribution is 7.99. The predicted molar refractivity (Wildman–Crippen MR) is 105 cm³/mol. The molecule has 4 aromatic rings. The zero-order chi connectivity index (χ0) is 17.3. The minimum atomic E-state index is 0.528. The molecule has 130 valence electrons. The lowest BCUT2D eigenvalue weighted by Crippen LogP contribution is -1.95. The Balaban J connectivity index is 1.53. The molecule has 1 aliphatic carbocycles. The molecule has 5 nitrogen and oxygen atoms in total. The fourth-order valence-electron chi connectivity index (χ4n) is 3.42. The van der Waals surface area contributed by atoms with Crippen LogP contribution in [0.4, 0.5) is 0 Å². The van der Waals surface area contributed by atoms with E-state index in [2.05, 4.69) is 21.6 Å². The number of fused-ring (bicyclic) bond motifs is 1. The summed E-state index contributed by atoms with van der Waals surface area (Å²) in [5, 5.41) is 14.3. The largest absolute Gasteiger partial charge is 0.262 e. The summed E-state index contributed by atoms with van der Waals surface area (Å²) in [6, 6.07) is 10.2. The molecule has 0 unspecified atom stereocenters. The van der Waals surface area contributed by atoms with Gasteiger partial charge in [0.25, 0.3) is 0 Å². The molecule has 1 aliphatic rings. The Morgan fingerprint density at radius 1 is 1.04 bits per heavy atom. The van der Waals surface area contributed by atoms with Crippen molar-refractivity contribution in [3.63, 3.8) is 0 Å². The van der Waals surface area contributed by atoms with Crippen molar-refractivity contribution in [3.05, 3.63) is 46.9 Å². The van der Waals surface area contributed by atoms with Gasteiger partial charge in [-0.2, -0.15) is 11.3 Å². The standard InChI is InChI=1S/C19H17N5S2/c1-2-6-12(5-1)17-22-19(24-23-17)26-18-14-7-3-4-8-15(14)20-16(21-18)13-9-10-25-11-13/h3-4,7-12H,1-2,5-6H2,(H,22,23,24). The van der Waals surface area contributed by atoms with Crippen molar-refractivity contribution < 1.29 is 0 Å². The maximum atomic E-state index is 4.81. The topological polar surface area (TPSA) is 67.3 Å². The van der Waals surface area contributed by atoms with Gasteiger partial charge in [-0.15, -0.1) is 5.10 Å². The van der Waals surface area contributed by atoms with Crippen molar-refractivity contribution in [1.82, 2.24) is 25.1 Å². The van der Waals surface area contributed by atoms with Crippen LogP contribution in [-0.2, 0) is 0 Å². The quantitative estimate of drug-likeness (QED) is 0.488. The number of para-hydroxylation sites is 1. The van der Waals surface area contributed by atoms with Gasteiger partial charge < -0.3 is 0 Å². The van der Waals surface area contributed by atoms with Crippen LogP contribution in [0, 0.1) is 0 Å². The highest BCUT2D eigenvalue weighted by Gasteiger charge is 2.21. The molecule has 0 spiro atoms. The molecular formula is C19H17N5S2. The first kappa shape index (κ1) is 16.0. The van der Waals surface area contributed by atoms with E-state index in [0.717, 1.165) is 38.3 Å². The number of aromatic nitrogens is 5. The number of hydrogen-bond donors (Lipinski definition) is 1. The van der Waals surface area contributed by atoms with Gasteiger partial charge in [0.15, 0.2) is 5.82 Å². The Bertz CT molecular complexity index is 1040. The average Bonchev–Trinajstić information content (AvgIpc) is 3.43. The van der Waals surface area contributed by atoms with E-state index in [-0.39, 0.29) is 0 Å². The number of hydrogen-bond acceptors (Lipinski definition) is 6. The number of nitrogens with one attached hydrogen (secondary N) is 1. The molecule has 26 heavy (non-hydrogen) atoms. The summed E-state index contributed by atoms with van der Waals surface area (Å²) >= 11 is 3.16. The van der Waals surface area contributed by atoms with Crippen LogP contribution in [0.15, 0.2) is 51.3 Å². The van der Waals surface area contributed by atoms with Gasteiger partial charge >= 0.3 is 0 Å². The molecule has 7 heteroatoms. The Hall–Kier alpha value is -2.25. The zero-order valence-corrected chi connectivity index (χ0v) is 15.7. The van der Waals surface area contributed by atoms with Crippen LogP contribution in [0.3, 0.4) is 0 Å². The summed E-state index contributed by atoms with van der Waals surface area (Å²) in [7, 11) is 0. The van der Waals surface area contributed by atoms with Gasteiger partial charge in [-0.05, 0) is 42.1 Å². The number of H-pyrrole nitrogens is 1. The number of benzene rings is 1. The van der Waals surface area contributed by atoms with Crippen molar-refractivity contribution in [2.45, 2.75) is 41.8 Å². The van der Waals surface area contributed by atoms with E-state index in [4.69, 9.17) is 15.0 Å². The Morgan fingerprint density at radius 3 is 2.77 bits per heavy atom. The van der Waals surface area contributed by atoms with Crippen LogP contribution in [0.25, 0.3) is 22.3 Å². The van der Waals surface area contributed by atoms with Crippen LogP contribution in [-0.4, -0.2) is 25.1 Å². The van der Waals surface area contributed by atoms with Gasteiger partial charge in [0, 0.05) is 22.2 Å². The van der Waals surface area contributed by atoms with E-state index >= 15 is 0 Å². The molecular weight excluding hydrogens is 362 g/mol. The van der Waals surface area contributed by atoms with Crippen LogP contribution in [0.2, 0.25) is 0 Å². The van der Waals surface area contributed by atoms with Gasteiger partial charge in [-0.3, -0.25) is 5.10 Å². The molecule has 0 aliphatic heterocycles. The third-order valence-electron chi connectivity index (χ3n) is 4.76. The number of nitrogens with zero attached hydrogens (tertiary/aromatic N) is 4. The Kier molecular flexibility index (Phi) is 4.18. The molecule has 3 heterocycles. The summed E-state index contributed by atoms with van der Waals surface area (Å²) in [6.07, 6.45) is 4.98. The molecule has 1 fully saturated rings. The van der Waals surface area contributed by atoms with Gasteiger partial charge in [0.1, 0.15) is 10.9 Å². The van der Waals surface area contributed by atoms with Gasteiger partial charge in [-0.25, -0.2) is 15.0 Å². The summed E-state index contributed by atoms with van der Waals surface area (Å²) in [5.74, 6) is 2.29. The van der Waals surface area contributed by atoms with Crippen molar-refractivity contribution in [3.8, 4) is 11.4 Å². The number of thiophene rings is 1.